The molecule has 2 atom stereocenters. The minimum Gasteiger partial charge on any atom is -0.462 e. The maximum absolute atomic E-state index is 12.4. The molecule has 0 bridgehead atoms. The molecule has 1 saturated carbocycles. The molecule has 18 heavy (non-hydrogen) atoms. The number of piperidine rings is 1. The second-order valence-corrected chi connectivity index (χ2v) is 6.18. The second-order valence-electron chi connectivity index (χ2n) is 6.18. The van der Waals surface area contributed by atoms with Crippen molar-refractivity contribution in [2.24, 2.45) is 11.1 Å². The van der Waals surface area contributed by atoms with Crippen molar-refractivity contribution in [3.8, 4) is 0 Å². The van der Waals surface area contributed by atoms with Gasteiger partial charge in [0.1, 0.15) is 6.10 Å². The molecule has 0 radical (unpaired) electrons. The summed E-state index contributed by atoms with van der Waals surface area (Å²) in [5.41, 5.74) is 5.68. The van der Waals surface area contributed by atoms with E-state index in [4.69, 9.17) is 10.5 Å². The Morgan fingerprint density at radius 1 is 1.28 bits per heavy atom. The van der Waals surface area contributed by atoms with Crippen LogP contribution in [0.2, 0.25) is 0 Å². The number of nitrogens with two attached hydrogens (primary N) is 1. The van der Waals surface area contributed by atoms with Gasteiger partial charge in [0.15, 0.2) is 0 Å². The van der Waals surface area contributed by atoms with Gasteiger partial charge in [-0.05, 0) is 39.7 Å². The van der Waals surface area contributed by atoms with Crippen molar-refractivity contribution in [1.29, 1.82) is 0 Å². The molecule has 0 aromatic rings. The van der Waals surface area contributed by atoms with E-state index in [2.05, 4.69) is 11.9 Å². The van der Waals surface area contributed by atoms with Gasteiger partial charge in [-0.1, -0.05) is 12.8 Å². The number of carbonyl (C=O) groups is 1. The molecule has 1 heterocycles. The van der Waals surface area contributed by atoms with E-state index in [0.717, 1.165) is 51.6 Å². The number of rotatable bonds is 2. The van der Waals surface area contributed by atoms with Crippen molar-refractivity contribution in [2.45, 2.75) is 57.6 Å². The van der Waals surface area contributed by atoms with Gasteiger partial charge in [0, 0.05) is 19.1 Å². The van der Waals surface area contributed by atoms with Gasteiger partial charge >= 0.3 is 5.97 Å². The molecular weight excluding hydrogens is 228 g/mol. The molecule has 4 heteroatoms. The zero-order valence-corrected chi connectivity index (χ0v) is 11.7. The van der Waals surface area contributed by atoms with Crippen LogP contribution in [-0.2, 0) is 9.53 Å². The quantitative estimate of drug-likeness (QED) is 0.759. The van der Waals surface area contributed by atoms with E-state index in [0.29, 0.717) is 0 Å². The molecule has 0 amide bonds. The number of carbonyl (C=O) groups excluding carboxylic acids is 1. The lowest BCUT2D eigenvalue weighted by molar-refractivity contribution is -0.165. The van der Waals surface area contributed by atoms with Gasteiger partial charge in [-0.15, -0.1) is 0 Å². The minimum absolute atomic E-state index is 0.0370. The Kier molecular flexibility index (Phi) is 4.28. The van der Waals surface area contributed by atoms with Gasteiger partial charge in [0.25, 0.3) is 0 Å². The maximum atomic E-state index is 12.4. The topological polar surface area (TPSA) is 55.6 Å². The molecule has 2 rings (SSSR count). The van der Waals surface area contributed by atoms with Crippen molar-refractivity contribution in [2.75, 3.05) is 20.1 Å². The number of ether oxygens (including phenoxy) is 1. The van der Waals surface area contributed by atoms with Crippen LogP contribution < -0.4 is 5.73 Å². The summed E-state index contributed by atoms with van der Waals surface area (Å²) in [6, 6.07) is -0.0370. The predicted molar refractivity (Wildman–Crippen MR) is 71.2 cm³/mol. The summed E-state index contributed by atoms with van der Waals surface area (Å²) >= 11 is 0. The Morgan fingerprint density at radius 2 is 1.94 bits per heavy atom. The highest BCUT2D eigenvalue weighted by atomic mass is 16.5. The molecule has 2 N–H and O–H groups in total. The summed E-state index contributed by atoms with van der Waals surface area (Å²) in [5.74, 6) is -0.0655. The van der Waals surface area contributed by atoms with Crippen LogP contribution >= 0.6 is 0 Å². The predicted octanol–water partition coefficient (Wildman–Crippen LogP) is 1.53. The average Bonchev–Trinajstić information content (AvgIpc) is 2.36. The van der Waals surface area contributed by atoms with Crippen LogP contribution in [0.5, 0.6) is 0 Å². The summed E-state index contributed by atoms with van der Waals surface area (Å²) < 4.78 is 5.71. The molecule has 1 aliphatic heterocycles. The third-order valence-corrected chi connectivity index (χ3v) is 4.69. The largest absolute Gasteiger partial charge is 0.462 e. The SMILES string of the molecule is CN1CCC(OC(=O)C2(C)CCCCC2N)CC1. The van der Waals surface area contributed by atoms with Crippen LogP contribution in [0.15, 0.2) is 0 Å². The van der Waals surface area contributed by atoms with E-state index in [9.17, 15) is 4.79 Å². The molecule has 2 aliphatic rings. The van der Waals surface area contributed by atoms with Gasteiger partial charge < -0.3 is 15.4 Å². The molecule has 1 saturated heterocycles. The highest BCUT2D eigenvalue weighted by molar-refractivity contribution is 5.77. The van der Waals surface area contributed by atoms with Crippen LogP contribution in [0.3, 0.4) is 0 Å². The van der Waals surface area contributed by atoms with Crippen molar-refractivity contribution < 1.29 is 9.53 Å². The van der Waals surface area contributed by atoms with Crippen LogP contribution in [0.1, 0.15) is 45.4 Å². The Hall–Kier alpha value is -0.610. The van der Waals surface area contributed by atoms with Crippen LogP contribution in [-0.4, -0.2) is 43.2 Å². The Morgan fingerprint density at radius 3 is 2.56 bits per heavy atom. The maximum Gasteiger partial charge on any atom is 0.313 e. The third kappa shape index (κ3) is 2.86. The van der Waals surface area contributed by atoms with E-state index in [1.165, 1.54) is 0 Å². The van der Waals surface area contributed by atoms with Crippen molar-refractivity contribution >= 4 is 5.97 Å². The first-order valence-electron chi connectivity index (χ1n) is 7.17. The Balaban J connectivity index is 1.90. The Bertz CT molecular complexity index is 300. The number of nitrogens with zero attached hydrogens (tertiary/aromatic N) is 1. The fourth-order valence-corrected chi connectivity index (χ4v) is 3.00. The average molecular weight is 254 g/mol. The van der Waals surface area contributed by atoms with Crippen molar-refractivity contribution in [1.82, 2.24) is 4.90 Å². The fourth-order valence-electron chi connectivity index (χ4n) is 3.00. The molecular formula is C14H26N2O2. The van der Waals surface area contributed by atoms with E-state index in [1.807, 2.05) is 6.92 Å². The first kappa shape index (κ1) is 13.8. The van der Waals surface area contributed by atoms with Gasteiger partial charge in [-0.25, -0.2) is 0 Å². The first-order valence-corrected chi connectivity index (χ1v) is 7.17. The highest BCUT2D eigenvalue weighted by Gasteiger charge is 2.43. The lowest BCUT2D eigenvalue weighted by atomic mass is 9.72. The molecule has 0 spiro atoms. The molecule has 4 nitrogen and oxygen atoms in total. The zero-order chi connectivity index (χ0) is 13.2. The second kappa shape index (κ2) is 5.57. The minimum atomic E-state index is -0.457. The van der Waals surface area contributed by atoms with Gasteiger partial charge in [-0.3, -0.25) is 4.79 Å². The van der Waals surface area contributed by atoms with Crippen molar-refractivity contribution in [3.63, 3.8) is 0 Å². The molecule has 2 fully saturated rings. The summed E-state index contributed by atoms with van der Waals surface area (Å²) in [6.45, 7) is 4.01. The van der Waals surface area contributed by atoms with Crippen LogP contribution in [0, 0.1) is 5.41 Å². The summed E-state index contributed by atoms with van der Waals surface area (Å²) in [4.78, 5) is 14.6. The van der Waals surface area contributed by atoms with Crippen molar-refractivity contribution in [3.05, 3.63) is 0 Å². The van der Waals surface area contributed by atoms with Gasteiger partial charge in [0.05, 0.1) is 5.41 Å². The third-order valence-electron chi connectivity index (χ3n) is 4.69. The van der Waals surface area contributed by atoms with Crippen LogP contribution in [0.25, 0.3) is 0 Å². The molecule has 0 aromatic heterocycles. The standard InChI is InChI=1S/C14H26N2O2/c1-14(8-4-3-5-12(14)15)13(17)18-11-6-9-16(2)10-7-11/h11-12H,3-10,15H2,1-2H3. The van der Waals surface area contributed by atoms with E-state index >= 15 is 0 Å². The normalized spacial score (nSPS) is 35.4. The molecule has 1 aliphatic carbocycles. The van der Waals surface area contributed by atoms with Gasteiger partial charge in [0.2, 0.25) is 0 Å². The molecule has 0 aromatic carbocycles. The molecule has 104 valence electrons. The van der Waals surface area contributed by atoms with E-state index < -0.39 is 5.41 Å². The first-order chi connectivity index (χ1) is 8.52. The van der Waals surface area contributed by atoms with Crippen LogP contribution in [0.4, 0.5) is 0 Å². The summed E-state index contributed by atoms with van der Waals surface area (Å²) in [7, 11) is 2.11. The zero-order valence-electron chi connectivity index (χ0n) is 11.7. The lowest BCUT2D eigenvalue weighted by Crippen LogP contribution is -2.49. The number of hydrogen-bond donors (Lipinski definition) is 1. The van der Waals surface area contributed by atoms with E-state index in [1.54, 1.807) is 0 Å². The number of likely N-dealkylation sites (tertiary alicyclic amines) is 1. The number of hydrogen-bond acceptors (Lipinski definition) is 4. The summed E-state index contributed by atoms with van der Waals surface area (Å²) in [6.07, 6.45) is 6.05. The fraction of sp³-hybridized carbons (Fsp3) is 0.929. The number of esters is 1. The Labute approximate surface area is 110 Å². The molecule has 2 unspecified atom stereocenters. The van der Waals surface area contributed by atoms with Gasteiger partial charge in [-0.2, -0.15) is 0 Å². The lowest BCUT2D eigenvalue weighted by Gasteiger charge is -2.39. The van der Waals surface area contributed by atoms with E-state index in [-0.39, 0.29) is 18.1 Å². The smallest absolute Gasteiger partial charge is 0.313 e. The highest BCUT2D eigenvalue weighted by Crippen LogP contribution is 2.36. The summed E-state index contributed by atoms with van der Waals surface area (Å²) in [5, 5.41) is 0. The monoisotopic (exact) mass is 254 g/mol.